The molecule has 1 fully saturated rings. The van der Waals surface area contributed by atoms with E-state index in [1.807, 2.05) is 0 Å². The van der Waals surface area contributed by atoms with Crippen molar-refractivity contribution in [2.24, 2.45) is 0 Å². The van der Waals surface area contributed by atoms with Crippen LogP contribution in [0.1, 0.15) is 12.8 Å². The van der Waals surface area contributed by atoms with Gasteiger partial charge < -0.3 is 15.0 Å². The zero-order valence-corrected chi connectivity index (χ0v) is 10.7. The largest absolute Gasteiger partial charge is 0.393 e. The van der Waals surface area contributed by atoms with E-state index in [4.69, 9.17) is 5.11 Å². The smallest absolute Gasteiger partial charge is 0.251 e. The number of pyridine rings is 1. The summed E-state index contributed by atoms with van der Waals surface area (Å²) in [5.74, 6) is -0.206. The zero-order valence-electron chi connectivity index (χ0n) is 9.10. The van der Waals surface area contributed by atoms with Crippen molar-refractivity contribution in [1.29, 1.82) is 0 Å². The molecule has 0 radical (unpaired) electrons. The predicted octanol–water partition coefficient (Wildman–Crippen LogP) is 0.250. The number of carbonyl (C=O) groups is 1. The molecule has 6 heteroatoms. The van der Waals surface area contributed by atoms with Crippen LogP contribution in [0.15, 0.2) is 27.6 Å². The van der Waals surface area contributed by atoms with Crippen molar-refractivity contribution in [2.75, 3.05) is 0 Å². The van der Waals surface area contributed by atoms with Gasteiger partial charge in [0.25, 0.3) is 5.56 Å². The van der Waals surface area contributed by atoms with E-state index in [9.17, 15) is 9.59 Å². The second-order valence-corrected chi connectivity index (χ2v) is 5.12. The maximum atomic E-state index is 11.6. The fourth-order valence-corrected chi connectivity index (χ4v) is 2.14. The summed E-state index contributed by atoms with van der Waals surface area (Å²) in [4.78, 5) is 23.1. The van der Waals surface area contributed by atoms with E-state index in [1.54, 1.807) is 12.3 Å². The van der Waals surface area contributed by atoms with Crippen molar-refractivity contribution in [3.63, 3.8) is 0 Å². The van der Waals surface area contributed by atoms with Crippen molar-refractivity contribution in [3.05, 3.63) is 33.2 Å². The maximum absolute atomic E-state index is 11.6. The Kier molecular flexibility index (Phi) is 3.63. The van der Waals surface area contributed by atoms with E-state index >= 15 is 0 Å². The topological polar surface area (TPSA) is 71.3 Å². The monoisotopic (exact) mass is 300 g/mol. The number of nitrogens with one attached hydrogen (secondary N) is 1. The van der Waals surface area contributed by atoms with Crippen LogP contribution in [-0.2, 0) is 11.3 Å². The molecule has 2 N–H and O–H groups in total. The van der Waals surface area contributed by atoms with Crippen molar-refractivity contribution in [2.45, 2.75) is 31.5 Å². The van der Waals surface area contributed by atoms with Gasteiger partial charge >= 0.3 is 0 Å². The maximum Gasteiger partial charge on any atom is 0.251 e. The minimum atomic E-state index is -0.297. The van der Waals surface area contributed by atoms with Gasteiger partial charge in [-0.1, -0.05) is 0 Å². The number of nitrogens with zero attached hydrogens (tertiary/aromatic N) is 1. The molecule has 1 aliphatic rings. The Morgan fingerprint density at radius 1 is 1.53 bits per heavy atom. The lowest BCUT2D eigenvalue weighted by atomic mass is 9.89. The molecule has 0 aliphatic heterocycles. The summed E-state index contributed by atoms with van der Waals surface area (Å²) >= 11 is 3.25. The fourth-order valence-electron chi connectivity index (χ4n) is 1.76. The van der Waals surface area contributed by atoms with Crippen LogP contribution in [0.3, 0.4) is 0 Å². The van der Waals surface area contributed by atoms with Crippen LogP contribution in [0.2, 0.25) is 0 Å². The SMILES string of the molecule is O=C(Cn1cc(Br)ccc1=O)NC1CC(O)C1. The van der Waals surface area contributed by atoms with Gasteiger partial charge in [0, 0.05) is 22.8 Å². The van der Waals surface area contributed by atoms with Crippen molar-refractivity contribution < 1.29 is 9.90 Å². The molecule has 1 aliphatic carbocycles. The first-order valence-corrected chi connectivity index (χ1v) is 6.17. The summed E-state index contributed by atoms with van der Waals surface area (Å²) in [5.41, 5.74) is -0.211. The van der Waals surface area contributed by atoms with Crippen LogP contribution < -0.4 is 10.9 Å². The van der Waals surface area contributed by atoms with Gasteiger partial charge in [-0.05, 0) is 34.8 Å². The van der Waals surface area contributed by atoms with Crippen LogP contribution in [0.5, 0.6) is 0 Å². The van der Waals surface area contributed by atoms with Crippen LogP contribution in [-0.4, -0.2) is 27.7 Å². The highest BCUT2D eigenvalue weighted by Gasteiger charge is 2.28. The van der Waals surface area contributed by atoms with Crippen LogP contribution in [0.4, 0.5) is 0 Å². The van der Waals surface area contributed by atoms with E-state index < -0.39 is 0 Å². The lowest BCUT2D eigenvalue weighted by Gasteiger charge is -2.31. The van der Waals surface area contributed by atoms with Crippen LogP contribution >= 0.6 is 15.9 Å². The molecule has 92 valence electrons. The minimum absolute atomic E-state index is 0.00483. The van der Waals surface area contributed by atoms with Gasteiger partial charge in [-0.3, -0.25) is 9.59 Å². The minimum Gasteiger partial charge on any atom is -0.393 e. The number of hydrogen-bond acceptors (Lipinski definition) is 3. The Morgan fingerprint density at radius 2 is 2.24 bits per heavy atom. The first kappa shape index (κ1) is 12.3. The summed E-state index contributed by atoms with van der Waals surface area (Å²) in [6, 6.07) is 3.09. The highest BCUT2D eigenvalue weighted by molar-refractivity contribution is 9.10. The zero-order chi connectivity index (χ0) is 12.4. The van der Waals surface area contributed by atoms with E-state index in [2.05, 4.69) is 21.2 Å². The summed E-state index contributed by atoms with van der Waals surface area (Å²) < 4.78 is 2.10. The average molecular weight is 301 g/mol. The molecule has 0 unspecified atom stereocenters. The molecule has 17 heavy (non-hydrogen) atoms. The third kappa shape index (κ3) is 3.17. The Bertz CT molecular complexity index is 480. The number of hydrogen-bond donors (Lipinski definition) is 2. The molecular formula is C11H13BrN2O3. The molecule has 5 nitrogen and oxygen atoms in total. The lowest BCUT2D eigenvalue weighted by Crippen LogP contribution is -2.48. The van der Waals surface area contributed by atoms with Gasteiger partial charge in [-0.25, -0.2) is 0 Å². The molecule has 0 bridgehead atoms. The molecule has 1 aromatic heterocycles. The van der Waals surface area contributed by atoms with Crippen molar-refractivity contribution >= 4 is 21.8 Å². The van der Waals surface area contributed by atoms with Crippen LogP contribution in [0, 0.1) is 0 Å². The molecule has 1 amide bonds. The van der Waals surface area contributed by atoms with E-state index in [0.717, 1.165) is 4.47 Å². The number of aliphatic hydroxyl groups excluding tert-OH is 1. The molecular weight excluding hydrogens is 288 g/mol. The number of aromatic nitrogens is 1. The van der Waals surface area contributed by atoms with Gasteiger partial charge in [-0.2, -0.15) is 0 Å². The standard InChI is InChI=1S/C11H13BrN2O3/c12-7-1-2-11(17)14(5-7)6-10(16)13-8-3-9(15)4-8/h1-2,5,8-9,15H,3-4,6H2,(H,13,16). The quantitative estimate of drug-likeness (QED) is 0.841. The number of rotatable bonds is 3. The van der Waals surface area contributed by atoms with Crippen molar-refractivity contribution in [3.8, 4) is 0 Å². The first-order chi connectivity index (χ1) is 8.04. The normalized spacial score (nSPS) is 22.9. The molecule has 0 spiro atoms. The third-order valence-corrected chi connectivity index (χ3v) is 3.21. The number of halogens is 1. The molecule has 0 saturated heterocycles. The van der Waals surface area contributed by atoms with Gasteiger partial charge in [0.2, 0.25) is 5.91 Å². The van der Waals surface area contributed by atoms with Crippen LogP contribution in [0.25, 0.3) is 0 Å². The predicted molar refractivity (Wildman–Crippen MR) is 65.6 cm³/mol. The molecule has 1 saturated carbocycles. The average Bonchev–Trinajstić information content (AvgIpc) is 2.21. The number of amides is 1. The highest BCUT2D eigenvalue weighted by Crippen LogP contribution is 2.19. The molecule has 0 atom stereocenters. The van der Waals surface area contributed by atoms with E-state index in [1.165, 1.54) is 10.6 Å². The Balaban J connectivity index is 1.93. The summed E-state index contributed by atoms with van der Waals surface area (Å²) in [6.45, 7) is 0.00483. The summed E-state index contributed by atoms with van der Waals surface area (Å²) in [6.07, 6.45) is 2.48. The van der Waals surface area contributed by atoms with Gasteiger partial charge in [-0.15, -0.1) is 0 Å². The van der Waals surface area contributed by atoms with E-state index in [-0.39, 0.29) is 30.2 Å². The second-order valence-electron chi connectivity index (χ2n) is 4.20. The summed E-state index contributed by atoms with van der Waals surface area (Å²) in [5, 5.41) is 11.9. The first-order valence-electron chi connectivity index (χ1n) is 5.38. The third-order valence-electron chi connectivity index (χ3n) is 2.74. The van der Waals surface area contributed by atoms with Gasteiger partial charge in [0.15, 0.2) is 0 Å². The molecule has 0 aromatic carbocycles. The molecule has 2 rings (SSSR count). The number of carbonyl (C=O) groups excluding carboxylic acids is 1. The second kappa shape index (κ2) is 5.01. The lowest BCUT2D eigenvalue weighted by molar-refractivity contribution is -0.123. The van der Waals surface area contributed by atoms with Gasteiger partial charge in [0.1, 0.15) is 6.54 Å². The van der Waals surface area contributed by atoms with E-state index in [0.29, 0.717) is 12.8 Å². The van der Waals surface area contributed by atoms with Gasteiger partial charge in [0.05, 0.1) is 6.10 Å². The Hall–Kier alpha value is -1.14. The Labute approximate surface area is 107 Å². The molecule has 1 aromatic rings. The summed E-state index contributed by atoms with van der Waals surface area (Å²) in [7, 11) is 0. The molecule has 1 heterocycles. The van der Waals surface area contributed by atoms with Crippen molar-refractivity contribution in [1.82, 2.24) is 9.88 Å². The number of aliphatic hydroxyl groups is 1. The fraction of sp³-hybridized carbons (Fsp3) is 0.455. The highest BCUT2D eigenvalue weighted by atomic mass is 79.9. The Morgan fingerprint density at radius 3 is 2.88 bits per heavy atom.